The Bertz CT molecular complexity index is 2210. The molecule has 0 spiro atoms. The molecule has 2 aliphatic heterocycles. The Morgan fingerprint density at radius 3 is 2.35 bits per heavy atom. The second-order valence-electron chi connectivity index (χ2n) is 13.3. The van der Waals surface area contributed by atoms with Gasteiger partial charge >= 0.3 is 35.0 Å². The maximum Gasteiger partial charge on any atom is 2.00 e. The van der Waals surface area contributed by atoms with Crippen molar-refractivity contribution in [1.29, 1.82) is 0 Å². The molecule has 8 bridgehead atoms. The molecule has 0 radical (unpaired) electrons. The molecule has 3 aromatic heterocycles. The molecule has 0 N–H and O–H groups in total. The van der Waals surface area contributed by atoms with E-state index in [1.54, 1.807) is 25.2 Å². The van der Waals surface area contributed by atoms with Crippen LogP contribution >= 0.6 is 0 Å². The van der Waals surface area contributed by atoms with Gasteiger partial charge < -0.3 is 29.7 Å². The summed E-state index contributed by atoms with van der Waals surface area (Å²) < 4.78 is 10.7. The Morgan fingerprint density at radius 2 is 1.69 bits per heavy atom. The average Bonchev–Trinajstić information content (AvgIpc) is 3.87. The number of Topliss-reactive ketones (excluding diaryl/α,β-unsaturated/α-hetero) is 1. The normalized spacial score (nSPS) is 22.6. The van der Waals surface area contributed by atoms with Gasteiger partial charge in [-0.3, -0.25) is 19.2 Å². The van der Waals surface area contributed by atoms with E-state index in [4.69, 9.17) is 29.7 Å². The quantitative estimate of drug-likeness (QED) is 0.0950. The van der Waals surface area contributed by atoms with Gasteiger partial charge in [-0.1, -0.05) is 79.5 Å². The Labute approximate surface area is 319 Å². The zero-order chi connectivity index (χ0) is 36.7. The van der Waals surface area contributed by atoms with E-state index in [1.807, 2.05) is 46.8 Å². The van der Waals surface area contributed by atoms with Crippen LogP contribution in [0.2, 0.25) is 0 Å². The summed E-state index contributed by atoms with van der Waals surface area (Å²) in [6.45, 7) is 16.0. The van der Waals surface area contributed by atoms with Crippen LogP contribution in [0, 0.1) is 31.6 Å². The first-order valence-corrected chi connectivity index (χ1v) is 17.4. The van der Waals surface area contributed by atoms with E-state index in [0.29, 0.717) is 80.0 Å². The number of allylic oxidation sites excluding steroid dienone is 3. The van der Waals surface area contributed by atoms with E-state index in [9.17, 15) is 19.2 Å². The third kappa shape index (κ3) is 6.60. The smallest absolute Gasteiger partial charge is 0.664 e. The van der Waals surface area contributed by atoms with Gasteiger partial charge in [-0.15, -0.1) is 33.5 Å². The van der Waals surface area contributed by atoms with Crippen LogP contribution in [0.3, 0.4) is 0 Å². The van der Waals surface area contributed by atoms with Crippen molar-refractivity contribution in [2.24, 2.45) is 17.8 Å². The van der Waals surface area contributed by atoms with Crippen LogP contribution in [0.5, 0.6) is 0 Å². The second-order valence-corrected chi connectivity index (χ2v) is 13.3. The number of esters is 2. The molecular weight excluding hydrogens is 669 g/mol. The van der Waals surface area contributed by atoms with Crippen LogP contribution in [0.1, 0.15) is 113 Å². The molecule has 3 atom stereocenters. The molecule has 1 saturated heterocycles. The molecule has 3 aromatic rings. The van der Waals surface area contributed by atoms with Crippen molar-refractivity contribution in [1.82, 2.24) is 15.0 Å². The summed E-state index contributed by atoms with van der Waals surface area (Å²) in [5, 5.41) is 6.18. The molecule has 5 heterocycles. The zero-order valence-electron chi connectivity index (χ0n) is 30.9. The molecule has 0 saturated carbocycles. The van der Waals surface area contributed by atoms with Gasteiger partial charge in [-0.25, -0.2) is 0 Å². The maximum atomic E-state index is 14.2. The van der Waals surface area contributed by atoms with Crippen molar-refractivity contribution in [3.63, 3.8) is 0 Å². The Balaban J connectivity index is 0.00000523. The monoisotopic (exact) mass is 710 g/mol. The van der Waals surface area contributed by atoms with Crippen molar-refractivity contribution < 1.29 is 28.7 Å². The van der Waals surface area contributed by atoms with E-state index in [1.165, 1.54) is 7.11 Å². The van der Waals surface area contributed by atoms with Crippen LogP contribution < -0.4 is 25.7 Å². The third-order valence-corrected chi connectivity index (χ3v) is 10.5. The largest absolute Gasteiger partial charge is 2.00 e. The number of hydrogen-bond acceptors (Lipinski definition) is 6. The van der Waals surface area contributed by atoms with E-state index in [2.05, 4.69) is 6.58 Å². The van der Waals surface area contributed by atoms with Crippen LogP contribution in [0.4, 0.5) is 0 Å². The summed E-state index contributed by atoms with van der Waals surface area (Å²) >= 11 is 0. The molecule has 1 aliphatic carbocycles. The molecule has 1 fully saturated rings. The summed E-state index contributed by atoms with van der Waals surface area (Å²) in [5.74, 6) is -3.29. The zero-order valence-corrected chi connectivity index (χ0v) is 32.3. The van der Waals surface area contributed by atoms with E-state index >= 15 is 0 Å². The summed E-state index contributed by atoms with van der Waals surface area (Å²) in [6.07, 6.45) is 11.8. The predicted molar refractivity (Wildman–Crippen MR) is 201 cm³/mol. The topological polar surface area (TPSA) is 143 Å². The number of carbonyl (C=O) groups excluding carboxylic acids is 4. The second kappa shape index (κ2) is 15.6. The summed E-state index contributed by atoms with van der Waals surface area (Å²) in [4.78, 5) is 67.8. The SMILES string of the molecule is C=Cc1c2[n-]c(c1C)/C=C1\[N-]/C(=C3\c4[n-]c(c(C)c4C(=O)[C@@H]3C(=O)OC)/C=c3\[n-]/c(c(C=O)c3CC)=C\2)[C@@H](CCC(=O)OC/C=C(/C)CC)[C@@H]1C.[Mg+2]. The van der Waals surface area contributed by atoms with E-state index in [0.717, 1.165) is 35.0 Å². The molecule has 11 heteroatoms. The van der Waals surface area contributed by atoms with Gasteiger partial charge in [-0.2, -0.15) is 11.4 Å². The van der Waals surface area contributed by atoms with Crippen LogP contribution in [-0.2, 0) is 25.5 Å². The van der Waals surface area contributed by atoms with Gasteiger partial charge in [0, 0.05) is 17.5 Å². The number of nitrogens with zero attached hydrogens (tertiary/aromatic N) is 4. The van der Waals surface area contributed by atoms with Crippen molar-refractivity contribution in [2.45, 2.75) is 67.2 Å². The van der Waals surface area contributed by atoms with Gasteiger partial charge in [0.1, 0.15) is 18.8 Å². The third-order valence-electron chi connectivity index (χ3n) is 10.5. The number of aromatic nitrogens is 3. The summed E-state index contributed by atoms with van der Waals surface area (Å²) in [6, 6.07) is 0. The number of hydrogen-bond donors (Lipinski definition) is 0. The Morgan fingerprint density at radius 1 is 0.981 bits per heavy atom. The molecular formula is C41H42MgN4O6-2. The predicted octanol–water partition coefficient (Wildman–Crippen LogP) is 4.84. The minimum absolute atomic E-state index is 0. The standard InChI is InChI=1S/C41H43N4O6.Mg/c1-9-20(4)14-15-51-34(47)13-12-26-22(6)29-16-28-21(5)24(10-2)31(42-28)18-33-27(19-46)25(11-3)32(43-33)17-30-23(7)35-39(45-30)36(38(26)44-29)37(40(35)48)41(49)50-8;/h10,14,16-19,22,26,37H,2,9,11-13,15H2,1,3-8H3,(H-,44,45,46,48);/q-3;+2/p-1/b20-14-,29-16-,33-18-;/t22-,26-,37+;/m0./s1. The van der Waals surface area contributed by atoms with Crippen molar-refractivity contribution in [3.8, 4) is 0 Å². The van der Waals surface area contributed by atoms with E-state index < -0.39 is 17.7 Å². The molecule has 0 unspecified atom stereocenters. The fourth-order valence-electron chi connectivity index (χ4n) is 7.36. The number of ketones is 1. The first-order valence-electron chi connectivity index (χ1n) is 17.4. The van der Waals surface area contributed by atoms with Crippen molar-refractivity contribution in [2.75, 3.05) is 13.7 Å². The molecule has 266 valence electrons. The molecule has 0 aromatic carbocycles. The van der Waals surface area contributed by atoms with Gasteiger partial charge in [0.2, 0.25) is 0 Å². The molecule has 3 aliphatic rings. The van der Waals surface area contributed by atoms with Gasteiger partial charge in [0.25, 0.3) is 0 Å². The summed E-state index contributed by atoms with van der Waals surface area (Å²) in [5.41, 5.74) is 8.71. The fourth-order valence-corrected chi connectivity index (χ4v) is 7.36. The number of methoxy groups -OCH3 is 1. The number of ether oxygens (including phenoxy) is 2. The Hall–Kier alpha value is -4.61. The molecule has 10 nitrogen and oxygen atoms in total. The molecule has 0 amide bonds. The van der Waals surface area contributed by atoms with Crippen LogP contribution in [-0.4, -0.2) is 60.8 Å². The van der Waals surface area contributed by atoms with Gasteiger partial charge in [-0.05, 0) is 63.5 Å². The number of aldehydes is 1. The minimum atomic E-state index is -1.26. The minimum Gasteiger partial charge on any atom is -0.664 e. The Kier molecular flexibility index (Phi) is 11.5. The van der Waals surface area contributed by atoms with E-state index in [-0.39, 0.29) is 53.9 Å². The first kappa shape index (κ1) is 38.6. The van der Waals surface area contributed by atoms with Crippen LogP contribution in [0.25, 0.3) is 35.2 Å². The average molecular weight is 711 g/mol. The van der Waals surface area contributed by atoms with Gasteiger partial charge in [0.15, 0.2) is 5.78 Å². The van der Waals surface area contributed by atoms with Gasteiger partial charge in [0.05, 0.1) is 7.11 Å². The summed E-state index contributed by atoms with van der Waals surface area (Å²) in [7, 11) is 1.26. The number of rotatable bonds is 10. The molecule has 52 heavy (non-hydrogen) atoms. The van der Waals surface area contributed by atoms with Crippen molar-refractivity contribution >= 4 is 76.9 Å². The maximum absolute atomic E-state index is 14.2. The fraction of sp³-hybridized carbons (Fsp3) is 0.366. The number of fused-ring (bicyclic) bond motifs is 7. The van der Waals surface area contributed by atoms with Crippen molar-refractivity contribution in [3.05, 3.63) is 102 Å². The first-order chi connectivity index (χ1) is 24.5. The molecule has 6 rings (SSSR count). The van der Waals surface area contributed by atoms with Crippen LogP contribution in [0.15, 0.2) is 29.6 Å². The number of carbonyl (C=O) groups is 4.